The predicted molar refractivity (Wildman–Crippen MR) is 106 cm³/mol. The van der Waals surface area contributed by atoms with Crippen molar-refractivity contribution in [2.24, 2.45) is 0 Å². The number of aliphatic hydroxyl groups is 8. The molecule has 0 aromatic heterocycles. The van der Waals surface area contributed by atoms with Crippen LogP contribution < -0.4 is 0 Å². The molecule has 0 amide bonds. The number of rotatable bonds is 12. The van der Waals surface area contributed by atoms with Gasteiger partial charge < -0.3 is 55.1 Å². The first kappa shape index (κ1) is 27.5. The summed E-state index contributed by atoms with van der Waals surface area (Å²) in [5, 5.41) is 80.9. The van der Waals surface area contributed by atoms with Gasteiger partial charge in [0.2, 0.25) is 5.79 Å². The van der Waals surface area contributed by atoms with E-state index >= 15 is 0 Å². The van der Waals surface area contributed by atoms with Crippen molar-refractivity contribution in [3.63, 3.8) is 0 Å². The van der Waals surface area contributed by atoms with Crippen molar-refractivity contribution in [2.75, 3.05) is 19.8 Å². The summed E-state index contributed by atoms with van der Waals surface area (Å²) in [5.41, 5.74) is -2.62. The van der Waals surface area contributed by atoms with Crippen LogP contribution >= 0.6 is 0 Å². The Labute approximate surface area is 186 Å². The highest BCUT2D eigenvalue weighted by Crippen LogP contribution is 2.38. The van der Waals surface area contributed by atoms with Crippen LogP contribution in [0.2, 0.25) is 0 Å². The molecule has 0 aromatic rings. The topological polar surface area (TPSA) is 207 Å². The van der Waals surface area contributed by atoms with E-state index in [-0.39, 0.29) is 6.42 Å². The van der Waals surface area contributed by atoms with Gasteiger partial charge in [-0.25, -0.2) is 0 Å². The molecular weight excluding hydrogens is 432 g/mol. The Morgan fingerprint density at radius 3 is 2.12 bits per heavy atom. The molecule has 0 saturated carbocycles. The molecule has 32 heavy (non-hydrogen) atoms. The van der Waals surface area contributed by atoms with Gasteiger partial charge in [-0.15, -0.1) is 0 Å². The van der Waals surface area contributed by atoms with Gasteiger partial charge in [0.25, 0.3) is 0 Å². The second-order valence-electron chi connectivity index (χ2n) is 8.39. The van der Waals surface area contributed by atoms with Gasteiger partial charge >= 0.3 is 0 Å². The number of Topliss-reactive ketones (excluding diaryl/α,β-unsaturated/α-hetero) is 1. The van der Waals surface area contributed by atoms with E-state index in [0.29, 0.717) is 6.42 Å². The molecule has 12 nitrogen and oxygen atoms in total. The minimum absolute atomic E-state index is 0.109. The van der Waals surface area contributed by atoms with Crippen LogP contribution in [0.4, 0.5) is 0 Å². The third-order valence-electron chi connectivity index (χ3n) is 6.18. The first-order valence-corrected chi connectivity index (χ1v) is 10.9. The Morgan fingerprint density at radius 2 is 1.59 bits per heavy atom. The lowest BCUT2D eigenvalue weighted by molar-refractivity contribution is -0.391. The van der Waals surface area contributed by atoms with Gasteiger partial charge in [0, 0.05) is 6.42 Å². The van der Waals surface area contributed by atoms with Crippen LogP contribution in [0.25, 0.3) is 0 Å². The third kappa shape index (κ3) is 5.15. The number of ether oxygens (including phenoxy) is 3. The Kier molecular flexibility index (Phi) is 9.94. The van der Waals surface area contributed by atoms with Crippen molar-refractivity contribution in [3.8, 4) is 0 Å². The van der Waals surface area contributed by atoms with Crippen LogP contribution in [-0.4, -0.2) is 121 Å². The molecule has 0 spiro atoms. The molecule has 188 valence electrons. The number of hydrogen-bond donors (Lipinski definition) is 8. The SMILES string of the molecule is CCCCCCCC(=O)[C@]1(O)[C@H](O)[C@@H](O)[C@@H](OC2(CO)O[C@H](CO)[C@@H](O)[C@@H]2O)O[C@@H]1CO. The molecule has 8 N–H and O–H groups in total. The first-order valence-electron chi connectivity index (χ1n) is 10.9. The zero-order valence-corrected chi connectivity index (χ0v) is 18.1. The standard InChI is InChI=1S/C20H36O12/c1-2-3-4-5-6-7-12(24)20(29)13(9-22)30-18(15(26)17(20)28)32-19(10-23)16(27)14(25)11(8-21)31-19/h11,13-18,21-23,25-29H,2-10H2,1H3/t11-,13-,14-,15-,16+,17-,18-,19?,20-/m1/s1. The van der Waals surface area contributed by atoms with Gasteiger partial charge in [-0.1, -0.05) is 32.6 Å². The molecule has 2 heterocycles. The van der Waals surface area contributed by atoms with Crippen molar-refractivity contribution in [3.05, 3.63) is 0 Å². The van der Waals surface area contributed by atoms with Gasteiger partial charge in [-0.05, 0) is 6.42 Å². The highest BCUT2D eigenvalue weighted by molar-refractivity contribution is 5.88. The molecule has 0 aliphatic carbocycles. The number of hydrogen-bond acceptors (Lipinski definition) is 12. The van der Waals surface area contributed by atoms with E-state index in [4.69, 9.17) is 14.2 Å². The average molecular weight is 468 g/mol. The largest absolute Gasteiger partial charge is 0.394 e. The molecule has 0 radical (unpaired) electrons. The monoisotopic (exact) mass is 468 g/mol. The Morgan fingerprint density at radius 1 is 0.938 bits per heavy atom. The fourth-order valence-electron chi connectivity index (χ4n) is 4.13. The summed E-state index contributed by atoms with van der Waals surface area (Å²) in [4.78, 5) is 12.7. The van der Waals surface area contributed by atoms with Crippen LogP contribution in [0.3, 0.4) is 0 Å². The van der Waals surface area contributed by atoms with Crippen molar-refractivity contribution >= 4 is 5.78 Å². The summed E-state index contributed by atoms with van der Waals surface area (Å²) in [5.74, 6) is -3.15. The molecule has 2 rings (SSSR count). The average Bonchev–Trinajstić information content (AvgIpc) is 3.04. The quantitative estimate of drug-likeness (QED) is 0.134. The van der Waals surface area contributed by atoms with Gasteiger partial charge in [0.1, 0.15) is 43.2 Å². The van der Waals surface area contributed by atoms with Crippen LogP contribution in [0.15, 0.2) is 0 Å². The summed E-state index contributed by atoms with van der Waals surface area (Å²) in [6.45, 7) is -0.628. The van der Waals surface area contributed by atoms with E-state index in [9.17, 15) is 45.6 Å². The molecule has 9 atom stereocenters. The maximum Gasteiger partial charge on any atom is 0.224 e. The number of carbonyl (C=O) groups is 1. The van der Waals surface area contributed by atoms with Crippen molar-refractivity contribution in [1.82, 2.24) is 0 Å². The summed E-state index contributed by atoms with van der Waals surface area (Å²) < 4.78 is 15.9. The van der Waals surface area contributed by atoms with Gasteiger partial charge in [-0.2, -0.15) is 0 Å². The second kappa shape index (κ2) is 11.6. The van der Waals surface area contributed by atoms with E-state index in [1.54, 1.807) is 0 Å². The predicted octanol–water partition coefficient (Wildman–Crippen LogP) is -3.10. The zero-order chi connectivity index (χ0) is 24.1. The molecule has 12 heteroatoms. The molecule has 2 fully saturated rings. The minimum atomic E-state index is -2.62. The smallest absolute Gasteiger partial charge is 0.224 e. The Balaban J connectivity index is 2.15. The van der Waals surface area contributed by atoms with Crippen molar-refractivity contribution in [2.45, 2.75) is 99.8 Å². The van der Waals surface area contributed by atoms with E-state index in [0.717, 1.165) is 25.7 Å². The van der Waals surface area contributed by atoms with Gasteiger partial charge in [-0.3, -0.25) is 4.79 Å². The molecule has 2 saturated heterocycles. The first-order chi connectivity index (χ1) is 15.1. The van der Waals surface area contributed by atoms with Crippen molar-refractivity contribution in [1.29, 1.82) is 0 Å². The Hall–Kier alpha value is -0.770. The number of aliphatic hydroxyl groups excluding tert-OH is 7. The summed E-state index contributed by atoms with van der Waals surface area (Å²) >= 11 is 0. The summed E-state index contributed by atoms with van der Waals surface area (Å²) in [7, 11) is 0. The highest BCUT2D eigenvalue weighted by Gasteiger charge is 2.62. The van der Waals surface area contributed by atoms with Gasteiger partial charge in [0.05, 0.1) is 13.2 Å². The van der Waals surface area contributed by atoms with Gasteiger partial charge in [0.15, 0.2) is 17.7 Å². The second-order valence-corrected chi connectivity index (χ2v) is 8.39. The number of carbonyl (C=O) groups excluding carboxylic acids is 1. The summed E-state index contributed by atoms with van der Waals surface area (Å²) in [6.07, 6.45) is -8.60. The van der Waals surface area contributed by atoms with Crippen LogP contribution in [0, 0.1) is 0 Å². The number of ketones is 1. The fraction of sp³-hybridized carbons (Fsp3) is 0.950. The van der Waals surface area contributed by atoms with Crippen LogP contribution in [0.1, 0.15) is 45.4 Å². The number of unbranched alkanes of at least 4 members (excludes halogenated alkanes) is 4. The Bertz CT molecular complexity index is 601. The zero-order valence-electron chi connectivity index (χ0n) is 18.1. The van der Waals surface area contributed by atoms with Crippen molar-refractivity contribution < 1.29 is 59.9 Å². The highest BCUT2D eigenvalue weighted by atomic mass is 16.8. The van der Waals surface area contributed by atoms with E-state index in [2.05, 4.69) is 0 Å². The molecular formula is C20H36O12. The maximum absolute atomic E-state index is 12.7. The van der Waals surface area contributed by atoms with E-state index < -0.39 is 79.9 Å². The summed E-state index contributed by atoms with van der Waals surface area (Å²) in [6, 6.07) is 0. The molecule has 2 aliphatic heterocycles. The lowest BCUT2D eigenvalue weighted by atomic mass is 9.79. The minimum Gasteiger partial charge on any atom is -0.394 e. The molecule has 2 aliphatic rings. The molecule has 0 aromatic carbocycles. The molecule has 1 unspecified atom stereocenters. The van der Waals surface area contributed by atoms with E-state index in [1.807, 2.05) is 6.92 Å². The van der Waals surface area contributed by atoms with Crippen LogP contribution in [0.5, 0.6) is 0 Å². The molecule has 0 bridgehead atoms. The van der Waals surface area contributed by atoms with Crippen LogP contribution in [-0.2, 0) is 19.0 Å². The fourth-order valence-corrected chi connectivity index (χ4v) is 4.13. The normalized spacial score (nSPS) is 42.3. The van der Waals surface area contributed by atoms with E-state index in [1.165, 1.54) is 0 Å². The lowest BCUT2D eigenvalue weighted by Gasteiger charge is -2.48. The lowest BCUT2D eigenvalue weighted by Crippen LogP contribution is -2.71. The maximum atomic E-state index is 12.7. The third-order valence-corrected chi connectivity index (χ3v) is 6.18.